The molecular formula is C19H22N2O3. The number of urea groups is 1. The first-order chi connectivity index (χ1) is 11.7. The van der Waals surface area contributed by atoms with Crippen LogP contribution in [0, 0.1) is 0 Å². The van der Waals surface area contributed by atoms with Gasteiger partial charge in [0.2, 0.25) is 0 Å². The molecule has 1 aliphatic rings. The molecule has 1 aliphatic heterocycles. The van der Waals surface area contributed by atoms with E-state index in [9.17, 15) is 9.90 Å². The summed E-state index contributed by atoms with van der Waals surface area (Å²) in [5, 5.41) is 12.4. The van der Waals surface area contributed by atoms with Crippen LogP contribution in [-0.2, 0) is 6.42 Å². The highest BCUT2D eigenvalue weighted by Gasteiger charge is 2.24. The third kappa shape index (κ3) is 4.49. The maximum atomic E-state index is 12.1. The van der Waals surface area contributed by atoms with Gasteiger partial charge in [0.25, 0.3) is 0 Å². The molecule has 2 amide bonds. The molecule has 24 heavy (non-hydrogen) atoms. The van der Waals surface area contributed by atoms with E-state index in [-0.39, 0.29) is 6.03 Å². The van der Waals surface area contributed by atoms with Gasteiger partial charge in [0.1, 0.15) is 5.75 Å². The Labute approximate surface area is 141 Å². The highest BCUT2D eigenvalue weighted by Crippen LogP contribution is 2.19. The maximum absolute atomic E-state index is 12.1. The number of likely N-dealkylation sites (tertiary alicyclic amines) is 1. The molecule has 2 aromatic rings. The van der Waals surface area contributed by atoms with Gasteiger partial charge in [0, 0.05) is 31.3 Å². The van der Waals surface area contributed by atoms with Crippen LogP contribution in [0.25, 0.3) is 0 Å². The van der Waals surface area contributed by atoms with E-state index in [0.717, 1.165) is 12.2 Å². The monoisotopic (exact) mass is 326 g/mol. The van der Waals surface area contributed by atoms with Gasteiger partial charge < -0.3 is 20.1 Å². The highest BCUT2D eigenvalue weighted by molar-refractivity contribution is 5.89. The van der Waals surface area contributed by atoms with Gasteiger partial charge in [-0.15, -0.1) is 0 Å². The van der Waals surface area contributed by atoms with E-state index in [4.69, 9.17) is 4.74 Å². The third-order valence-corrected chi connectivity index (χ3v) is 4.04. The SMILES string of the molecule is O=C(Nc1cccc(OCCc2ccccc2)c1)N1CC[C@@H](O)C1. The lowest BCUT2D eigenvalue weighted by Gasteiger charge is -2.17. The van der Waals surface area contributed by atoms with Crippen molar-refractivity contribution < 1.29 is 14.6 Å². The lowest BCUT2D eigenvalue weighted by atomic mass is 10.2. The summed E-state index contributed by atoms with van der Waals surface area (Å²) in [7, 11) is 0. The molecule has 5 nitrogen and oxygen atoms in total. The summed E-state index contributed by atoms with van der Waals surface area (Å²) < 4.78 is 5.77. The van der Waals surface area contributed by atoms with Crippen LogP contribution in [-0.4, -0.2) is 41.8 Å². The van der Waals surface area contributed by atoms with Gasteiger partial charge in [-0.1, -0.05) is 36.4 Å². The molecule has 0 saturated carbocycles. The number of aliphatic hydroxyl groups excluding tert-OH is 1. The van der Waals surface area contributed by atoms with Crippen molar-refractivity contribution in [3.63, 3.8) is 0 Å². The Kier molecular flexibility index (Phi) is 5.33. The number of amides is 2. The van der Waals surface area contributed by atoms with E-state index in [0.29, 0.717) is 31.8 Å². The topological polar surface area (TPSA) is 61.8 Å². The molecule has 0 radical (unpaired) electrons. The van der Waals surface area contributed by atoms with Crippen LogP contribution in [0.2, 0.25) is 0 Å². The number of hydrogen-bond donors (Lipinski definition) is 2. The standard InChI is InChI=1S/C19H22N2O3/c22-17-9-11-21(14-17)19(23)20-16-7-4-8-18(13-16)24-12-10-15-5-2-1-3-6-15/h1-8,13,17,22H,9-12,14H2,(H,20,23)/t17-/m1/s1. The van der Waals surface area contributed by atoms with Gasteiger partial charge in [0.05, 0.1) is 12.7 Å². The van der Waals surface area contributed by atoms with E-state index < -0.39 is 6.10 Å². The second-order valence-electron chi connectivity index (χ2n) is 5.93. The number of rotatable bonds is 5. The number of anilines is 1. The Bertz CT molecular complexity index is 675. The van der Waals surface area contributed by atoms with Crippen LogP contribution in [0.4, 0.5) is 10.5 Å². The summed E-state index contributed by atoms with van der Waals surface area (Å²) >= 11 is 0. The van der Waals surface area contributed by atoms with E-state index in [2.05, 4.69) is 17.4 Å². The largest absolute Gasteiger partial charge is 0.493 e. The molecule has 1 saturated heterocycles. The van der Waals surface area contributed by atoms with Gasteiger partial charge in [-0.3, -0.25) is 0 Å². The molecule has 0 bridgehead atoms. The summed E-state index contributed by atoms with van der Waals surface area (Å²) in [6.07, 6.45) is 1.06. The minimum absolute atomic E-state index is 0.187. The number of aliphatic hydroxyl groups is 1. The molecule has 5 heteroatoms. The molecule has 0 aliphatic carbocycles. The van der Waals surface area contributed by atoms with E-state index in [1.807, 2.05) is 42.5 Å². The van der Waals surface area contributed by atoms with Crippen molar-refractivity contribution in [2.24, 2.45) is 0 Å². The predicted molar refractivity (Wildman–Crippen MR) is 93.3 cm³/mol. The first-order valence-corrected chi connectivity index (χ1v) is 8.21. The number of nitrogens with one attached hydrogen (secondary N) is 1. The summed E-state index contributed by atoms with van der Waals surface area (Å²) in [6.45, 7) is 1.55. The van der Waals surface area contributed by atoms with E-state index >= 15 is 0 Å². The van der Waals surface area contributed by atoms with Crippen LogP contribution in [0.1, 0.15) is 12.0 Å². The van der Waals surface area contributed by atoms with Crippen molar-refractivity contribution in [1.29, 1.82) is 0 Å². The zero-order valence-electron chi connectivity index (χ0n) is 13.5. The fourth-order valence-electron chi connectivity index (χ4n) is 2.72. The van der Waals surface area contributed by atoms with Crippen LogP contribution in [0.5, 0.6) is 5.75 Å². The summed E-state index contributed by atoms with van der Waals surface area (Å²) in [5.74, 6) is 0.727. The fraction of sp³-hybridized carbons (Fsp3) is 0.316. The molecule has 1 fully saturated rings. The zero-order valence-corrected chi connectivity index (χ0v) is 13.5. The number of nitrogens with zero attached hydrogens (tertiary/aromatic N) is 1. The zero-order chi connectivity index (χ0) is 16.8. The Hall–Kier alpha value is -2.53. The number of β-amino-alcohol motifs (C(OH)–C–C–N with tert-alkyl or cyclic N) is 1. The normalized spacial score (nSPS) is 16.9. The first-order valence-electron chi connectivity index (χ1n) is 8.21. The van der Waals surface area contributed by atoms with E-state index in [1.165, 1.54) is 5.56 Å². The molecule has 1 atom stereocenters. The summed E-state index contributed by atoms with van der Waals surface area (Å²) in [5.41, 5.74) is 1.92. The quantitative estimate of drug-likeness (QED) is 0.888. The van der Waals surface area contributed by atoms with Crippen LogP contribution in [0.3, 0.4) is 0 Å². The number of carbonyl (C=O) groups is 1. The number of hydrogen-bond acceptors (Lipinski definition) is 3. The Balaban J connectivity index is 1.51. The molecule has 0 unspecified atom stereocenters. The summed E-state index contributed by atoms with van der Waals surface area (Å²) in [6, 6.07) is 17.4. The molecule has 126 valence electrons. The van der Waals surface area contributed by atoms with Crippen LogP contribution in [0.15, 0.2) is 54.6 Å². The molecular weight excluding hydrogens is 304 g/mol. The van der Waals surface area contributed by atoms with Crippen molar-refractivity contribution in [1.82, 2.24) is 4.90 Å². The first kappa shape index (κ1) is 16.3. The third-order valence-electron chi connectivity index (χ3n) is 4.04. The minimum atomic E-state index is -0.414. The van der Waals surface area contributed by atoms with Crippen molar-refractivity contribution >= 4 is 11.7 Å². The number of carbonyl (C=O) groups excluding carboxylic acids is 1. The molecule has 2 N–H and O–H groups in total. The molecule has 1 heterocycles. The molecule has 3 rings (SSSR count). The van der Waals surface area contributed by atoms with Crippen molar-refractivity contribution in [3.8, 4) is 5.75 Å². The van der Waals surface area contributed by atoms with Gasteiger partial charge in [-0.25, -0.2) is 4.79 Å². The van der Waals surface area contributed by atoms with Gasteiger partial charge in [0.15, 0.2) is 0 Å². The second-order valence-corrected chi connectivity index (χ2v) is 5.93. The molecule has 0 spiro atoms. The molecule has 2 aromatic carbocycles. The van der Waals surface area contributed by atoms with Crippen LogP contribution >= 0.6 is 0 Å². The lowest BCUT2D eigenvalue weighted by Crippen LogP contribution is -2.33. The van der Waals surface area contributed by atoms with E-state index in [1.54, 1.807) is 4.90 Å². The Morgan fingerprint density at radius 2 is 2.04 bits per heavy atom. The lowest BCUT2D eigenvalue weighted by molar-refractivity contribution is 0.176. The average molecular weight is 326 g/mol. The van der Waals surface area contributed by atoms with Gasteiger partial charge >= 0.3 is 6.03 Å². The Morgan fingerprint density at radius 1 is 1.21 bits per heavy atom. The number of ether oxygens (including phenoxy) is 1. The Morgan fingerprint density at radius 3 is 2.79 bits per heavy atom. The average Bonchev–Trinajstić information content (AvgIpc) is 3.03. The minimum Gasteiger partial charge on any atom is -0.493 e. The van der Waals surface area contributed by atoms with Crippen molar-refractivity contribution in [3.05, 3.63) is 60.2 Å². The maximum Gasteiger partial charge on any atom is 0.321 e. The van der Waals surface area contributed by atoms with Crippen LogP contribution < -0.4 is 10.1 Å². The number of benzene rings is 2. The van der Waals surface area contributed by atoms with Crippen molar-refractivity contribution in [2.75, 3.05) is 25.0 Å². The summed E-state index contributed by atoms with van der Waals surface area (Å²) in [4.78, 5) is 13.8. The molecule has 0 aromatic heterocycles. The van der Waals surface area contributed by atoms with Gasteiger partial charge in [-0.05, 0) is 24.1 Å². The fourth-order valence-corrected chi connectivity index (χ4v) is 2.72. The van der Waals surface area contributed by atoms with Gasteiger partial charge in [-0.2, -0.15) is 0 Å². The smallest absolute Gasteiger partial charge is 0.321 e. The highest BCUT2D eigenvalue weighted by atomic mass is 16.5. The van der Waals surface area contributed by atoms with Crippen molar-refractivity contribution in [2.45, 2.75) is 18.9 Å². The second kappa shape index (κ2) is 7.84. The predicted octanol–water partition coefficient (Wildman–Crippen LogP) is 2.91.